The Bertz CT molecular complexity index is 327. The van der Waals surface area contributed by atoms with Gasteiger partial charge in [-0.2, -0.15) is 0 Å². The monoisotopic (exact) mass is 398 g/mol. The van der Waals surface area contributed by atoms with Crippen molar-refractivity contribution >= 4 is 8.32 Å². The standard InChI is InChI=1S/C6H15OSi.3C4H9O.Ti/c1-4-8(7,5-2)6-3;3*1-4(2,3)5;/h4-6H2,1-3H3;3*1-3H3;/q4*-1;+4. The van der Waals surface area contributed by atoms with Crippen LogP contribution in [0.25, 0.3) is 0 Å². The molecule has 0 unspecified atom stereocenters. The molecule has 0 aliphatic heterocycles. The van der Waals surface area contributed by atoms with Gasteiger partial charge in [0.2, 0.25) is 0 Å². The molecule has 0 aliphatic rings. The Kier molecular flexibility index (Phi) is 8.92. The first kappa shape index (κ1) is 24.8. The molecule has 0 aromatic rings. The molecule has 0 atom stereocenters. The first-order chi connectivity index (χ1) is 10.5. The van der Waals surface area contributed by atoms with Gasteiger partial charge in [0, 0.05) is 0 Å². The molecule has 0 aromatic carbocycles. The van der Waals surface area contributed by atoms with Crippen LogP contribution in [-0.4, -0.2) is 25.1 Å². The van der Waals surface area contributed by atoms with Crippen molar-refractivity contribution < 1.29 is 31.1 Å². The predicted octanol–water partition coefficient (Wildman–Crippen LogP) is 6.27. The van der Waals surface area contributed by atoms with Gasteiger partial charge in [0.1, 0.15) is 0 Å². The molecule has 0 heterocycles. The molecule has 0 amide bonds. The van der Waals surface area contributed by atoms with E-state index in [0.717, 1.165) is 18.1 Å². The van der Waals surface area contributed by atoms with Gasteiger partial charge < -0.3 is 0 Å². The van der Waals surface area contributed by atoms with Crippen LogP contribution in [0.5, 0.6) is 0 Å². The van der Waals surface area contributed by atoms with Crippen LogP contribution in [0.15, 0.2) is 0 Å². The molecule has 0 saturated heterocycles. The van der Waals surface area contributed by atoms with Gasteiger partial charge >= 0.3 is 157 Å². The van der Waals surface area contributed by atoms with Gasteiger partial charge in [-0.3, -0.25) is 0 Å². The van der Waals surface area contributed by atoms with Crippen LogP contribution < -0.4 is 0 Å². The van der Waals surface area contributed by atoms with E-state index in [9.17, 15) is 0 Å². The summed E-state index contributed by atoms with van der Waals surface area (Å²) in [6, 6.07) is 3.13. The van der Waals surface area contributed by atoms with Gasteiger partial charge in [-0.15, -0.1) is 0 Å². The summed E-state index contributed by atoms with van der Waals surface area (Å²) in [6.07, 6.45) is 0. The second-order valence-corrected chi connectivity index (χ2v) is 17.7. The van der Waals surface area contributed by atoms with Gasteiger partial charge in [-0.1, -0.05) is 0 Å². The second-order valence-electron chi connectivity index (χ2n) is 9.49. The Balaban J connectivity index is 6.04. The van der Waals surface area contributed by atoms with Crippen molar-refractivity contribution in [3.05, 3.63) is 0 Å². The van der Waals surface area contributed by atoms with Crippen molar-refractivity contribution in [3.8, 4) is 0 Å². The van der Waals surface area contributed by atoms with Gasteiger partial charge in [-0.25, -0.2) is 0 Å². The first-order valence-electron chi connectivity index (χ1n) is 9.31. The van der Waals surface area contributed by atoms with Gasteiger partial charge in [0.25, 0.3) is 0 Å². The molecular formula is C18H42O4SiTi. The van der Waals surface area contributed by atoms with Crippen LogP contribution in [0.2, 0.25) is 18.1 Å². The molecule has 0 rings (SSSR count). The minimum absolute atomic E-state index is 0.383. The van der Waals surface area contributed by atoms with Crippen LogP contribution in [-0.2, 0) is 31.1 Å². The van der Waals surface area contributed by atoms with Crippen molar-refractivity contribution in [3.63, 3.8) is 0 Å². The molecule has 24 heavy (non-hydrogen) atoms. The third-order valence-electron chi connectivity index (χ3n) is 3.57. The summed E-state index contributed by atoms with van der Waals surface area (Å²) in [7, 11) is -1.94. The molecule has 0 aromatic heterocycles. The molecule has 0 spiro atoms. The summed E-state index contributed by atoms with van der Waals surface area (Å²) in [4.78, 5) is 0. The summed E-state index contributed by atoms with van der Waals surface area (Å²) in [5.41, 5.74) is -1.15. The summed E-state index contributed by atoms with van der Waals surface area (Å²) in [5.74, 6) is 0. The van der Waals surface area contributed by atoms with Gasteiger partial charge in [0.15, 0.2) is 0 Å². The molecule has 0 fully saturated rings. The fourth-order valence-corrected chi connectivity index (χ4v) is 13.9. The topological polar surface area (TPSA) is 36.9 Å². The Morgan fingerprint density at radius 3 is 1.00 bits per heavy atom. The zero-order valence-electron chi connectivity index (χ0n) is 18.3. The Morgan fingerprint density at radius 1 is 0.583 bits per heavy atom. The molecule has 0 bridgehead atoms. The van der Waals surface area contributed by atoms with E-state index in [4.69, 9.17) is 13.0 Å². The van der Waals surface area contributed by atoms with Crippen LogP contribution in [0.4, 0.5) is 0 Å². The summed E-state index contributed by atoms with van der Waals surface area (Å²) in [5, 5.41) is 0. The molecule has 6 heteroatoms. The normalized spacial score (nSPS) is 15.0. The van der Waals surface area contributed by atoms with Gasteiger partial charge in [-0.05, 0) is 0 Å². The van der Waals surface area contributed by atoms with E-state index in [-0.39, 0.29) is 16.8 Å². The van der Waals surface area contributed by atoms with E-state index in [1.165, 1.54) is 0 Å². The summed E-state index contributed by atoms with van der Waals surface area (Å²) >= 11 is -3.98. The van der Waals surface area contributed by atoms with Crippen LogP contribution in [0.3, 0.4) is 0 Å². The van der Waals surface area contributed by atoms with Crippen molar-refractivity contribution in [1.82, 2.24) is 0 Å². The van der Waals surface area contributed by atoms with E-state index >= 15 is 0 Å². The molecule has 0 N–H and O–H groups in total. The zero-order valence-corrected chi connectivity index (χ0v) is 20.8. The predicted molar refractivity (Wildman–Crippen MR) is 101 cm³/mol. The Labute approximate surface area is 157 Å². The average molecular weight is 398 g/mol. The van der Waals surface area contributed by atoms with Crippen LogP contribution >= 0.6 is 0 Å². The average Bonchev–Trinajstić information content (AvgIpc) is 2.29. The minimum atomic E-state index is -3.98. The summed E-state index contributed by atoms with van der Waals surface area (Å²) in [6.45, 7) is 25.0. The number of hydrogen-bond acceptors (Lipinski definition) is 4. The number of rotatable bonds is 8. The van der Waals surface area contributed by atoms with E-state index in [0.29, 0.717) is 0 Å². The second kappa shape index (κ2) is 8.64. The van der Waals surface area contributed by atoms with E-state index in [1.807, 2.05) is 62.3 Å². The van der Waals surface area contributed by atoms with Crippen molar-refractivity contribution in [2.45, 2.75) is 118 Å². The third-order valence-corrected chi connectivity index (χ3v) is 15.4. The molecule has 0 radical (unpaired) electrons. The zero-order chi connectivity index (χ0) is 19.4. The Hall–Kier alpha value is 0.771. The fourth-order valence-electron chi connectivity index (χ4n) is 2.48. The molecule has 0 saturated carbocycles. The van der Waals surface area contributed by atoms with Crippen LogP contribution in [0.1, 0.15) is 83.1 Å². The maximum absolute atomic E-state index is 6.86. The first-order valence-corrected chi connectivity index (χ1v) is 14.4. The van der Waals surface area contributed by atoms with E-state index in [1.54, 1.807) is 0 Å². The van der Waals surface area contributed by atoms with E-state index in [2.05, 4.69) is 20.8 Å². The molecular weight excluding hydrogens is 356 g/mol. The fraction of sp³-hybridized carbons (Fsp3) is 1.00. The Morgan fingerprint density at radius 2 is 0.833 bits per heavy atom. The van der Waals surface area contributed by atoms with Crippen molar-refractivity contribution in [1.29, 1.82) is 0 Å². The summed E-state index contributed by atoms with van der Waals surface area (Å²) < 4.78 is 26.3. The maximum atomic E-state index is 6.86. The molecule has 0 aliphatic carbocycles. The SMILES string of the molecule is CC[Si](CC)(CC)[O][Ti]([O]C(C)(C)C)([O]C(C)(C)C)[O]C(C)(C)C. The van der Waals surface area contributed by atoms with Gasteiger partial charge in [0.05, 0.1) is 0 Å². The molecule has 4 nitrogen and oxygen atoms in total. The molecule has 146 valence electrons. The van der Waals surface area contributed by atoms with Crippen LogP contribution in [0, 0.1) is 0 Å². The quantitative estimate of drug-likeness (QED) is 0.452. The third kappa shape index (κ3) is 9.46. The number of hydrogen-bond donors (Lipinski definition) is 0. The van der Waals surface area contributed by atoms with E-state index < -0.39 is 26.5 Å². The van der Waals surface area contributed by atoms with Crippen molar-refractivity contribution in [2.75, 3.05) is 0 Å². The van der Waals surface area contributed by atoms with Crippen molar-refractivity contribution in [2.24, 2.45) is 0 Å².